The Hall–Kier alpha value is -2.88. The molecule has 2 aromatic carbocycles. The molecule has 0 radical (unpaired) electrons. The molecule has 0 N–H and O–H groups in total. The van der Waals surface area contributed by atoms with E-state index in [1.807, 2.05) is 54.6 Å². The second-order valence-corrected chi connectivity index (χ2v) is 6.44. The number of carbonyl (C=O) groups is 2. The van der Waals surface area contributed by atoms with E-state index in [-0.39, 0.29) is 11.9 Å². The summed E-state index contributed by atoms with van der Waals surface area (Å²) < 4.78 is 10.4. The first kappa shape index (κ1) is 20.4. The third-order valence-corrected chi connectivity index (χ3v) is 4.05. The van der Waals surface area contributed by atoms with Crippen LogP contribution in [0.15, 0.2) is 66.7 Å². The third kappa shape index (κ3) is 7.48. The van der Waals surface area contributed by atoms with Gasteiger partial charge in [-0.15, -0.1) is 0 Å². The lowest BCUT2D eigenvalue weighted by Gasteiger charge is -2.06. The lowest BCUT2D eigenvalue weighted by atomic mass is 10.1. The molecule has 4 heteroatoms. The SMILES string of the molecule is C=C(C)C(=O)OCCCCCCC(=O)Oc1ccc(-c2ccccc2)cc1. The number of rotatable bonds is 10. The fourth-order valence-corrected chi connectivity index (χ4v) is 2.54. The van der Waals surface area contributed by atoms with E-state index in [1.54, 1.807) is 6.92 Å². The molecule has 0 fully saturated rings. The van der Waals surface area contributed by atoms with Crippen LogP contribution in [0, 0.1) is 0 Å². The Balaban J connectivity index is 1.62. The topological polar surface area (TPSA) is 52.6 Å². The van der Waals surface area contributed by atoms with Gasteiger partial charge in [0.25, 0.3) is 0 Å². The summed E-state index contributed by atoms with van der Waals surface area (Å²) in [6, 6.07) is 17.6. The summed E-state index contributed by atoms with van der Waals surface area (Å²) in [4.78, 5) is 23.1. The molecule has 2 aromatic rings. The second kappa shape index (κ2) is 11.0. The number of esters is 2. The van der Waals surface area contributed by atoms with Crippen LogP contribution >= 0.6 is 0 Å². The van der Waals surface area contributed by atoms with Crippen molar-refractivity contribution in [2.75, 3.05) is 6.61 Å². The van der Waals surface area contributed by atoms with E-state index in [1.165, 1.54) is 0 Å². The smallest absolute Gasteiger partial charge is 0.333 e. The number of carbonyl (C=O) groups excluding carboxylic acids is 2. The van der Waals surface area contributed by atoms with E-state index in [2.05, 4.69) is 6.58 Å². The molecule has 0 bridgehead atoms. The van der Waals surface area contributed by atoms with Crippen LogP contribution in [0.1, 0.15) is 39.0 Å². The molecule has 0 aliphatic heterocycles. The molecular weight excluding hydrogens is 340 g/mol. The Labute approximate surface area is 160 Å². The van der Waals surface area contributed by atoms with Gasteiger partial charge in [-0.2, -0.15) is 0 Å². The molecule has 27 heavy (non-hydrogen) atoms. The molecule has 0 spiro atoms. The molecule has 142 valence electrons. The van der Waals surface area contributed by atoms with Gasteiger partial charge in [0.05, 0.1) is 6.61 Å². The predicted octanol–water partition coefficient (Wildman–Crippen LogP) is 5.33. The first-order valence-corrected chi connectivity index (χ1v) is 9.25. The van der Waals surface area contributed by atoms with E-state index in [4.69, 9.17) is 9.47 Å². The molecular formula is C23H26O4. The average molecular weight is 366 g/mol. The van der Waals surface area contributed by atoms with E-state index < -0.39 is 0 Å². The van der Waals surface area contributed by atoms with Crippen LogP contribution in [0.25, 0.3) is 11.1 Å². The highest BCUT2D eigenvalue weighted by Gasteiger charge is 2.06. The molecule has 0 atom stereocenters. The lowest BCUT2D eigenvalue weighted by Crippen LogP contribution is -2.08. The van der Waals surface area contributed by atoms with Gasteiger partial charge in [0.15, 0.2) is 0 Å². The standard InChI is InChI=1S/C23H26O4/c1-18(2)23(25)26-17-9-4-3-8-12-22(24)27-21-15-13-20(14-16-21)19-10-6-5-7-11-19/h5-7,10-11,13-16H,1,3-4,8-9,12,17H2,2H3. The van der Waals surface area contributed by atoms with Crippen LogP contribution in [-0.4, -0.2) is 18.5 Å². The largest absolute Gasteiger partial charge is 0.462 e. The fraction of sp³-hybridized carbons (Fsp3) is 0.304. The van der Waals surface area contributed by atoms with E-state index in [0.29, 0.717) is 24.4 Å². The first-order valence-electron chi connectivity index (χ1n) is 9.25. The van der Waals surface area contributed by atoms with Crippen molar-refractivity contribution >= 4 is 11.9 Å². The minimum Gasteiger partial charge on any atom is -0.462 e. The second-order valence-electron chi connectivity index (χ2n) is 6.44. The summed E-state index contributed by atoms with van der Waals surface area (Å²) in [6.07, 6.45) is 3.73. The molecule has 2 rings (SSSR count). The van der Waals surface area contributed by atoms with Crippen LogP contribution in [-0.2, 0) is 14.3 Å². The molecule has 0 aromatic heterocycles. The van der Waals surface area contributed by atoms with Crippen LogP contribution in [0.3, 0.4) is 0 Å². The van der Waals surface area contributed by atoms with Crippen LogP contribution < -0.4 is 4.74 Å². The van der Waals surface area contributed by atoms with Crippen molar-refractivity contribution < 1.29 is 19.1 Å². The normalized spacial score (nSPS) is 10.3. The Morgan fingerprint density at radius 1 is 0.852 bits per heavy atom. The Morgan fingerprint density at radius 2 is 1.48 bits per heavy atom. The van der Waals surface area contributed by atoms with E-state index >= 15 is 0 Å². The molecule has 0 saturated carbocycles. The van der Waals surface area contributed by atoms with Crippen molar-refractivity contribution in [2.24, 2.45) is 0 Å². The zero-order valence-corrected chi connectivity index (χ0v) is 15.8. The number of hydrogen-bond acceptors (Lipinski definition) is 4. The molecule has 0 amide bonds. The fourth-order valence-electron chi connectivity index (χ4n) is 2.54. The van der Waals surface area contributed by atoms with Crippen molar-refractivity contribution in [3.05, 3.63) is 66.7 Å². The van der Waals surface area contributed by atoms with E-state index in [0.717, 1.165) is 36.8 Å². The maximum absolute atomic E-state index is 11.9. The number of unbranched alkanes of at least 4 members (excludes halogenated alkanes) is 3. The van der Waals surface area contributed by atoms with Crippen molar-refractivity contribution in [1.82, 2.24) is 0 Å². The zero-order valence-electron chi connectivity index (χ0n) is 15.8. The van der Waals surface area contributed by atoms with Gasteiger partial charge in [0.2, 0.25) is 0 Å². The third-order valence-electron chi connectivity index (χ3n) is 4.05. The van der Waals surface area contributed by atoms with Gasteiger partial charge in [-0.05, 0) is 43.0 Å². The van der Waals surface area contributed by atoms with Crippen molar-refractivity contribution in [2.45, 2.75) is 39.0 Å². The summed E-state index contributed by atoms with van der Waals surface area (Å²) in [7, 11) is 0. The summed E-state index contributed by atoms with van der Waals surface area (Å²) in [5, 5.41) is 0. The Bertz CT molecular complexity index is 748. The van der Waals surface area contributed by atoms with Gasteiger partial charge in [-0.25, -0.2) is 4.79 Å². The minimum atomic E-state index is -0.350. The minimum absolute atomic E-state index is 0.226. The first-order chi connectivity index (χ1) is 13.1. The van der Waals surface area contributed by atoms with Crippen LogP contribution in [0.4, 0.5) is 0 Å². The highest BCUT2D eigenvalue weighted by molar-refractivity contribution is 5.86. The highest BCUT2D eigenvalue weighted by Crippen LogP contribution is 2.22. The number of hydrogen-bond donors (Lipinski definition) is 0. The maximum atomic E-state index is 11.9. The summed E-state index contributed by atoms with van der Waals surface area (Å²) in [6.45, 7) is 5.55. The van der Waals surface area contributed by atoms with Crippen molar-refractivity contribution in [1.29, 1.82) is 0 Å². The summed E-state index contributed by atoms with van der Waals surface area (Å²) in [5.41, 5.74) is 2.63. The Kier molecular flexibility index (Phi) is 8.30. The molecule has 0 unspecified atom stereocenters. The monoisotopic (exact) mass is 366 g/mol. The summed E-state index contributed by atoms with van der Waals surface area (Å²) >= 11 is 0. The van der Waals surface area contributed by atoms with Crippen LogP contribution in [0.2, 0.25) is 0 Å². The van der Waals surface area contributed by atoms with Gasteiger partial charge in [-0.1, -0.05) is 61.9 Å². The van der Waals surface area contributed by atoms with Crippen molar-refractivity contribution in [3.8, 4) is 16.9 Å². The van der Waals surface area contributed by atoms with E-state index in [9.17, 15) is 9.59 Å². The highest BCUT2D eigenvalue weighted by atomic mass is 16.5. The van der Waals surface area contributed by atoms with Gasteiger partial charge in [0.1, 0.15) is 5.75 Å². The summed E-state index contributed by atoms with van der Waals surface area (Å²) in [5.74, 6) is -0.0144. The molecule has 0 heterocycles. The van der Waals surface area contributed by atoms with Crippen molar-refractivity contribution in [3.63, 3.8) is 0 Å². The van der Waals surface area contributed by atoms with Gasteiger partial charge < -0.3 is 9.47 Å². The number of benzene rings is 2. The van der Waals surface area contributed by atoms with Gasteiger partial charge >= 0.3 is 11.9 Å². The van der Waals surface area contributed by atoms with Gasteiger partial charge in [-0.3, -0.25) is 4.79 Å². The quantitative estimate of drug-likeness (QED) is 0.247. The molecule has 4 nitrogen and oxygen atoms in total. The predicted molar refractivity (Wildman–Crippen MR) is 106 cm³/mol. The molecule has 0 aliphatic carbocycles. The Morgan fingerprint density at radius 3 is 2.15 bits per heavy atom. The number of ether oxygens (including phenoxy) is 2. The van der Waals surface area contributed by atoms with Crippen LogP contribution in [0.5, 0.6) is 5.75 Å². The lowest BCUT2D eigenvalue weighted by molar-refractivity contribution is -0.139. The maximum Gasteiger partial charge on any atom is 0.333 e. The van der Waals surface area contributed by atoms with Gasteiger partial charge in [0, 0.05) is 12.0 Å². The molecule has 0 saturated heterocycles. The zero-order chi connectivity index (χ0) is 19.5. The average Bonchev–Trinajstić information content (AvgIpc) is 2.68. The molecule has 0 aliphatic rings.